The maximum Gasteiger partial charge on any atom is 0.319 e. The Balaban J connectivity index is 2.77. The maximum absolute atomic E-state index is 13.1. The predicted molar refractivity (Wildman–Crippen MR) is 236 cm³/mol. The molecule has 14 heteroatoms. The van der Waals surface area contributed by atoms with E-state index in [9.17, 15) is 9.59 Å². The molecule has 0 fully saturated rings. The van der Waals surface area contributed by atoms with Crippen molar-refractivity contribution in [2.24, 2.45) is 10.8 Å². The zero-order valence-corrected chi connectivity index (χ0v) is 38.0. The number of benzene rings is 1. The van der Waals surface area contributed by atoms with Gasteiger partial charge in [-0.05, 0) is 122 Å². The lowest BCUT2D eigenvalue weighted by Crippen LogP contribution is -2.40. The molecule has 4 atom stereocenters. The van der Waals surface area contributed by atoms with Gasteiger partial charge in [-0.1, -0.05) is 58.2 Å². The highest BCUT2D eigenvalue weighted by Gasteiger charge is 2.36. The first-order valence-corrected chi connectivity index (χ1v) is 19.9. The number of anilines is 2. The molecule has 10 nitrogen and oxygen atoms in total. The normalized spacial score (nSPS) is 17.1. The summed E-state index contributed by atoms with van der Waals surface area (Å²) < 4.78 is 23.0. The molecule has 310 valence electrons. The number of methoxy groups -OCH3 is 2. The van der Waals surface area contributed by atoms with Gasteiger partial charge in [0.2, 0.25) is 0 Å². The van der Waals surface area contributed by atoms with E-state index in [1.54, 1.807) is 20.3 Å². The second-order valence-electron chi connectivity index (χ2n) is 20.2. The number of carbonyl (C=O) groups is 2. The minimum atomic E-state index is -0.853. The van der Waals surface area contributed by atoms with E-state index in [1.165, 1.54) is 0 Å². The van der Waals surface area contributed by atoms with Crippen LogP contribution in [-0.2, 0) is 18.9 Å². The third kappa shape index (κ3) is 21.0. The summed E-state index contributed by atoms with van der Waals surface area (Å²) in [6, 6.07) is 2.92. The van der Waals surface area contributed by atoms with Crippen molar-refractivity contribution in [3.63, 3.8) is 0 Å². The Morgan fingerprint density at radius 1 is 0.554 bits per heavy atom. The van der Waals surface area contributed by atoms with Crippen LogP contribution in [-0.4, -0.2) is 106 Å². The summed E-state index contributed by atoms with van der Waals surface area (Å²) in [6.07, 6.45) is 3.67. The first-order valence-electron chi connectivity index (χ1n) is 19.9. The number of rotatable bonds is 24. The van der Waals surface area contributed by atoms with Gasteiger partial charge in [-0.15, -0.1) is 0 Å². The van der Waals surface area contributed by atoms with Crippen LogP contribution in [0.15, 0.2) is 12.1 Å². The summed E-state index contributed by atoms with van der Waals surface area (Å²) in [5, 5.41) is 10.5. The number of hydrogen-bond acceptors (Lipinski definition) is 6. The quantitative estimate of drug-likeness (QED) is 0.0786. The summed E-state index contributed by atoms with van der Waals surface area (Å²) in [7, 11) is 29.4. The molecule has 0 aromatic heterocycles. The number of amides is 4. The summed E-state index contributed by atoms with van der Waals surface area (Å²) in [5.74, 6) is 0. The molecule has 4 N–H and O–H groups in total. The highest BCUT2D eigenvalue weighted by molar-refractivity contribution is 6.16. The van der Waals surface area contributed by atoms with Crippen LogP contribution >= 0.6 is 0 Å². The average Bonchev–Trinajstić information content (AvgIpc) is 2.98. The van der Waals surface area contributed by atoms with Crippen LogP contribution in [0.25, 0.3) is 0 Å². The Bertz CT molecular complexity index is 1330. The molecular formula is C42H74B4N4O6. The Morgan fingerprint density at radius 3 is 1.54 bits per heavy atom. The van der Waals surface area contributed by atoms with E-state index in [2.05, 4.69) is 49.0 Å². The van der Waals surface area contributed by atoms with Gasteiger partial charge >= 0.3 is 12.1 Å². The highest BCUT2D eigenvalue weighted by Crippen LogP contribution is 2.44. The number of hydrogen-bond donors (Lipinski definition) is 4. The second-order valence-corrected chi connectivity index (χ2v) is 20.2. The van der Waals surface area contributed by atoms with Gasteiger partial charge in [0, 0.05) is 62.9 Å². The van der Waals surface area contributed by atoms with E-state index < -0.39 is 33.3 Å². The van der Waals surface area contributed by atoms with Crippen molar-refractivity contribution in [3.8, 4) is 0 Å². The molecule has 0 aliphatic heterocycles. The van der Waals surface area contributed by atoms with Gasteiger partial charge in [-0.2, -0.15) is 0 Å². The smallest absolute Gasteiger partial charge is 0.319 e. The molecule has 1 aromatic carbocycles. The van der Waals surface area contributed by atoms with Crippen LogP contribution < -0.4 is 21.3 Å². The number of ether oxygens (including phenoxy) is 4. The zero-order chi connectivity index (χ0) is 43.6. The van der Waals surface area contributed by atoms with Gasteiger partial charge in [0.1, 0.15) is 15.7 Å². The van der Waals surface area contributed by atoms with Crippen molar-refractivity contribution in [1.82, 2.24) is 10.6 Å². The highest BCUT2D eigenvalue weighted by atomic mass is 16.5. The number of carbonyl (C=O) groups excluding carboxylic acids is 2. The molecule has 8 radical (unpaired) electrons. The monoisotopic (exact) mass is 775 g/mol. The van der Waals surface area contributed by atoms with E-state index in [4.69, 9.17) is 50.3 Å². The van der Waals surface area contributed by atoms with E-state index in [-0.39, 0.29) is 29.0 Å². The van der Waals surface area contributed by atoms with E-state index in [1.807, 2.05) is 75.3 Å². The minimum Gasteiger partial charge on any atom is -0.388 e. The molecule has 0 heterocycles. The molecule has 0 aliphatic rings. The van der Waals surface area contributed by atoms with Crippen LogP contribution in [0.5, 0.6) is 0 Å². The van der Waals surface area contributed by atoms with E-state index in [0.717, 1.165) is 11.1 Å². The predicted octanol–water partition coefficient (Wildman–Crippen LogP) is 8.29. The molecule has 0 aliphatic carbocycles. The molecule has 0 spiro atoms. The van der Waals surface area contributed by atoms with Gasteiger partial charge in [-0.3, -0.25) is 0 Å². The van der Waals surface area contributed by atoms with Crippen molar-refractivity contribution >= 4 is 54.8 Å². The van der Waals surface area contributed by atoms with Gasteiger partial charge < -0.3 is 40.2 Å². The van der Waals surface area contributed by atoms with Crippen LogP contribution in [0.4, 0.5) is 21.0 Å². The Hall–Kier alpha value is -2.14. The number of aryl methyl sites for hydroxylation is 2. The molecule has 1 aromatic rings. The van der Waals surface area contributed by atoms with Crippen molar-refractivity contribution < 1.29 is 28.5 Å². The van der Waals surface area contributed by atoms with Crippen molar-refractivity contribution in [3.05, 3.63) is 23.3 Å². The van der Waals surface area contributed by atoms with Gasteiger partial charge in [0.15, 0.2) is 0 Å². The van der Waals surface area contributed by atoms with Crippen molar-refractivity contribution in [2.45, 2.75) is 168 Å². The molecule has 4 unspecified atom stereocenters. The molecule has 0 bridgehead atoms. The van der Waals surface area contributed by atoms with Gasteiger partial charge in [-0.25, -0.2) is 9.59 Å². The van der Waals surface area contributed by atoms with E-state index in [0.29, 0.717) is 69.7 Å². The molecule has 56 heavy (non-hydrogen) atoms. The van der Waals surface area contributed by atoms with Crippen LogP contribution in [0.2, 0.25) is 10.6 Å². The summed E-state index contributed by atoms with van der Waals surface area (Å²) in [5.41, 5.74) is -0.120. The fourth-order valence-corrected chi connectivity index (χ4v) is 7.78. The largest absolute Gasteiger partial charge is 0.388 e. The lowest BCUT2D eigenvalue weighted by Gasteiger charge is -2.41. The molecule has 1 rings (SSSR count). The first-order chi connectivity index (χ1) is 25.1. The molecule has 4 amide bonds. The minimum absolute atomic E-state index is 0.231. The van der Waals surface area contributed by atoms with Gasteiger partial charge in [0.25, 0.3) is 0 Å². The topological polar surface area (TPSA) is 119 Å². The van der Waals surface area contributed by atoms with Crippen molar-refractivity contribution in [2.75, 3.05) is 51.2 Å². The van der Waals surface area contributed by atoms with E-state index >= 15 is 0 Å². The fraction of sp³-hybridized carbons (Fsp3) is 0.810. The summed E-state index contributed by atoms with van der Waals surface area (Å²) in [6.45, 7) is 29.4. The van der Waals surface area contributed by atoms with Crippen LogP contribution in [0.1, 0.15) is 133 Å². The SMILES string of the molecule is [B]C(C)(CNC(=O)Nc1cc(NC(=O)NCC(C)(C)CC([B])(C)CC(C)(C)OCCC([B])(C)OC)c(C)cc1C)CC(C)(C)CC([B])(C)OCCC(C)(C)OC. The lowest BCUT2D eigenvalue weighted by atomic mass is 9.58. The Kier molecular flexibility index (Phi) is 18.7. The number of urea groups is 2. The fourth-order valence-electron chi connectivity index (χ4n) is 7.78. The first kappa shape index (κ1) is 51.9. The Morgan fingerprint density at radius 2 is 1.04 bits per heavy atom. The van der Waals surface area contributed by atoms with Crippen molar-refractivity contribution in [1.29, 1.82) is 0 Å². The third-order valence-electron chi connectivity index (χ3n) is 10.1. The molecule has 0 saturated carbocycles. The van der Waals surface area contributed by atoms with Gasteiger partial charge in [0.05, 0.1) is 26.9 Å². The second kappa shape index (κ2) is 20.2. The summed E-state index contributed by atoms with van der Waals surface area (Å²) >= 11 is 0. The molecular weight excluding hydrogens is 700 g/mol. The number of nitrogens with one attached hydrogen (secondary N) is 4. The van der Waals surface area contributed by atoms with Crippen LogP contribution in [0, 0.1) is 24.7 Å². The maximum atomic E-state index is 13.1. The zero-order valence-electron chi connectivity index (χ0n) is 38.0. The van der Waals surface area contributed by atoms with Crippen LogP contribution in [0.3, 0.4) is 0 Å². The summed E-state index contributed by atoms with van der Waals surface area (Å²) in [4.78, 5) is 26.2. The average molecular weight is 774 g/mol. The lowest BCUT2D eigenvalue weighted by molar-refractivity contribution is -0.0529. The Labute approximate surface area is 346 Å². The third-order valence-corrected chi connectivity index (χ3v) is 10.1. The standard InChI is InChI=1S/C42H74B4N4O6/c1-29-21-30(2)32(50-34(52)48-28-40(12,44)23-35(3,4)25-42(14,46)56-19-17-37(7,8)53-15)22-31(29)49-33(51)47-27-36(5,6)24-39(11,43)26-38(9,10)55-20-18-41(13,45)54-16/h21-22H,17-20,23-28H2,1-16H3,(H2,47,49,51)(H2,48,50,52). The molecule has 0 saturated heterocycles.